The number of carbonyl (C=O) groups excluding carboxylic acids is 1. The van der Waals surface area contributed by atoms with Gasteiger partial charge in [0, 0.05) is 5.39 Å². The molecule has 0 saturated heterocycles. The first-order valence-electron chi connectivity index (χ1n) is 4.87. The van der Waals surface area contributed by atoms with E-state index >= 15 is 0 Å². The molecule has 0 bridgehead atoms. The number of nitriles is 1. The largest absolute Gasteiger partial charge is 0.332 e. The van der Waals surface area contributed by atoms with Crippen LogP contribution in [-0.4, -0.2) is 17.3 Å². The minimum atomic E-state index is -0.103. The molecule has 3 rings (SSSR count). The van der Waals surface area contributed by atoms with Gasteiger partial charge in [0.25, 0.3) is 5.91 Å². The molecule has 1 amide bonds. The van der Waals surface area contributed by atoms with Crippen LogP contribution in [0.5, 0.6) is 0 Å². The first-order valence-corrected chi connectivity index (χ1v) is 4.87. The van der Waals surface area contributed by atoms with Crippen molar-refractivity contribution in [1.29, 1.82) is 5.26 Å². The first kappa shape index (κ1) is 8.80. The summed E-state index contributed by atoms with van der Waals surface area (Å²) in [4.78, 5) is 11.6. The number of hydrogen-bond donors (Lipinski definition) is 2. The van der Waals surface area contributed by atoms with E-state index in [0.29, 0.717) is 17.9 Å². The highest BCUT2D eigenvalue weighted by Gasteiger charge is 2.18. The van der Waals surface area contributed by atoms with Crippen molar-refractivity contribution < 1.29 is 4.79 Å². The number of benzene rings is 1. The molecule has 2 aromatic rings. The lowest BCUT2D eigenvalue weighted by Gasteiger charge is -2.18. The number of hydrogen-bond acceptors (Lipinski definition) is 3. The second kappa shape index (κ2) is 3.00. The molecule has 78 valence electrons. The quantitative estimate of drug-likeness (QED) is 0.677. The van der Waals surface area contributed by atoms with Crippen molar-refractivity contribution in [1.82, 2.24) is 9.99 Å². The smallest absolute Gasteiger partial charge is 0.271 e. The Labute approximate surface area is 91.2 Å². The number of aromatic nitrogens is 1. The van der Waals surface area contributed by atoms with Crippen LogP contribution >= 0.6 is 0 Å². The molecular formula is C11H8N4O. The topological polar surface area (TPSA) is 69.8 Å². The molecule has 0 aliphatic carbocycles. The van der Waals surface area contributed by atoms with E-state index in [-0.39, 0.29) is 5.91 Å². The third-order valence-corrected chi connectivity index (χ3v) is 2.65. The van der Waals surface area contributed by atoms with Gasteiger partial charge in [0.1, 0.15) is 12.4 Å². The van der Waals surface area contributed by atoms with Crippen LogP contribution < -0.4 is 10.7 Å². The van der Waals surface area contributed by atoms with E-state index in [1.54, 1.807) is 22.9 Å². The molecule has 0 spiro atoms. The van der Waals surface area contributed by atoms with Gasteiger partial charge in [-0.05, 0) is 24.3 Å². The lowest BCUT2D eigenvalue weighted by molar-refractivity contribution is 0.0937. The Kier molecular flexibility index (Phi) is 1.65. The molecule has 0 atom stereocenters. The standard InChI is InChI=1S/C11H8N4O/c12-5-7-1-2-9-8(3-7)4-10-11(16)13-6-14-15(9)10/h1-4,14H,6H2,(H,13,16). The molecule has 16 heavy (non-hydrogen) atoms. The molecule has 2 N–H and O–H groups in total. The van der Waals surface area contributed by atoms with Crippen molar-refractivity contribution in [3.8, 4) is 6.07 Å². The second-order valence-electron chi connectivity index (χ2n) is 3.59. The number of amides is 1. The van der Waals surface area contributed by atoms with Crippen molar-refractivity contribution >= 4 is 16.8 Å². The maximum atomic E-state index is 11.6. The van der Waals surface area contributed by atoms with Gasteiger partial charge in [-0.15, -0.1) is 0 Å². The molecule has 2 heterocycles. The number of carbonyl (C=O) groups is 1. The predicted octanol–water partition coefficient (Wildman–Crippen LogP) is 0.757. The summed E-state index contributed by atoms with van der Waals surface area (Å²) in [7, 11) is 0. The Hall–Kier alpha value is -2.48. The van der Waals surface area contributed by atoms with E-state index in [4.69, 9.17) is 5.26 Å². The molecule has 0 fully saturated rings. The Bertz CT molecular complexity index is 635. The third-order valence-electron chi connectivity index (χ3n) is 2.65. The van der Waals surface area contributed by atoms with Crippen LogP contribution in [0.15, 0.2) is 24.3 Å². The fourth-order valence-electron chi connectivity index (χ4n) is 1.91. The highest BCUT2D eigenvalue weighted by molar-refractivity contribution is 6.00. The summed E-state index contributed by atoms with van der Waals surface area (Å²) >= 11 is 0. The Balaban J connectivity index is 2.32. The molecule has 1 aromatic heterocycles. The van der Waals surface area contributed by atoms with Gasteiger partial charge in [-0.1, -0.05) is 0 Å². The van der Waals surface area contributed by atoms with Crippen molar-refractivity contribution in [3.63, 3.8) is 0 Å². The summed E-state index contributed by atoms with van der Waals surface area (Å²) in [6.45, 7) is 0.412. The Morgan fingerprint density at radius 3 is 3.06 bits per heavy atom. The van der Waals surface area contributed by atoms with Crippen LogP contribution in [0.25, 0.3) is 10.9 Å². The molecule has 1 aliphatic rings. The maximum Gasteiger partial charge on any atom is 0.271 e. The van der Waals surface area contributed by atoms with Crippen molar-refractivity contribution in [2.24, 2.45) is 0 Å². The van der Waals surface area contributed by atoms with E-state index in [1.165, 1.54) is 0 Å². The van der Waals surface area contributed by atoms with Crippen molar-refractivity contribution in [3.05, 3.63) is 35.5 Å². The average Bonchev–Trinajstić information content (AvgIpc) is 2.68. The highest BCUT2D eigenvalue weighted by Crippen LogP contribution is 2.21. The predicted molar refractivity (Wildman–Crippen MR) is 58.3 cm³/mol. The van der Waals surface area contributed by atoms with Crippen molar-refractivity contribution in [2.75, 3.05) is 12.1 Å². The molecule has 0 saturated carbocycles. The van der Waals surface area contributed by atoms with Gasteiger partial charge in [0.2, 0.25) is 0 Å². The van der Waals surface area contributed by atoms with Gasteiger partial charge < -0.3 is 10.7 Å². The van der Waals surface area contributed by atoms with Crippen LogP contribution in [0.4, 0.5) is 0 Å². The summed E-state index contributed by atoms with van der Waals surface area (Å²) in [5.41, 5.74) is 5.12. The minimum Gasteiger partial charge on any atom is -0.332 e. The number of nitrogens with one attached hydrogen (secondary N) is 2. The number of nitrogens with zero attached hydrogens (tertiary/aromatic N) is 2. The van der Waals surface area contributed by atoms with E-state index in [9.17, 15) is 4.79 Å². The van der Waals surface area contributed by atoms with E-state index in [2.05, 4.69) is 16.8 Å². The molecule has 0 radical (unpaired) electrons. The zero-order chi connectivity index (χ0) is 11.1. The SMILES string of the molecule is N#Cc1ccc2c(c1)cc1n2NCNC1=O. The number of fused-ring (bicyclic) bond motifs is 3. The van der Waals surface area contributed by atoms with Gasteiger partial charge in [-0.2, -0.15) is 5.26 Å². The highest BCUT2D eigenvalue weighted by atomic mass is 16.2. The van der Waals surface area contributed by atoms with Gasteiger partial charge >= 0.3 is 0 Å². The van der Waals surface area contributed by atoms with Gasteiger partial charge in [0.15, 0.2) is 0 Å². The molecule has 5 nitrogen and oxygen atoms in total. The fraction of sp³-hybridized carbons (Fsp3) is 0.0909. The molecule has 5 heteroatoms. The normalized spacial score (nSPS) is 13.8. The molecule has 0 unspecified atom stereocenters. The zero-order valence-electron chi connectivity index (χ0n) is 8.32. The third kappa shape index (κ3) is 1.07. The van der Waals surface area contributed by atoms with Crippen LogP contribution in [-0.2, 0) is 0 Å². The second-order valence-corrected chi connectivity index (χ2v) is 3.59. The van der Waals surface area contributed by atoms with E-state index in [0.717, 1.165) is 10.9 Å². The van der Waals surface area contributed by atoms with Crippen molar-refractivity contribution in [2.45, 2.75) is 0 Å². The Morgan fingerprint density at radius 2 is 2.25 bits per heavy atom. The van der Waals surface area contributed by atoms with E-state index < -0.39 is 0 Å². The minimum absolute atomic E-state index is 0.103. The van der Waals surface area contributed by atoms with Gasteiger partial charge in [-0.3, -0.25) is 9.47 Å². The summed E-state index contributed by atoms with van der Waals surface area (Å²) in [5.74, 6) is -0.103. The number of rotatable bonds is 0. The van der Waals surface area contributed by atoms with Crippen LogP contribution in [0, 0.1) is 11.3 Å². The fourth-order valence-corrected chi connectivity index (χ4v) is 1.91. The lowest BCUT2D eigenvalue weighted by Crippen LogP contribution is -2.40. The van der Waals surface area contributed by atoms with Crippen LogP contribution in [0.3, 0.4) is 0 Å². The maximum absolute atomic E-state index is 11.6. The van der Waals surface area contributed by atoms with Crippen LogP contribution in [0.2, 0.25) is 0 Å². The monoisotopic (exact) mass is 212 g/mol. The first-order chi connectivity index (χ1) is 7.79. The van der Waals surface area contributed by atoms with Crippen LogP contribution in [0.1, 0.15) is 16.1 Å². The zero-order valence-corrected chi connectivity index (χ0v) is 8.32. The Morgan fingerprint density at radius 1 is 1.38 bits per heavy atom. The van der Waals surface area contributed by atoms with Gasteiger partial charge in [-0.25, -0.2) is 0 Å². The van der Waals surface area contributed by atoms with E-state index in [1.807, 2.05) is 6.07 Å². The lowest BCUT2D eigenvalue weighted by atomic mass is 10.2. The summed E-state index contributed by atoms with van der Waals surface area (Å²) in [6.07, 6.45) is 0. The summed E-state index contributed by atoms with van der Waals surface area (Å²) in [6, 6.07) is 9.21. The summed E-state index contributed by atoms with van der Waals surface area (Å²) < 4.78 is 1.75. The molecule has 1 aliphatic heterocycles. The van der Waals surface area contributed by atoms with Gasteiger partial charge in [0.05, 0.1) is 17.1 Å². The average molecular weight is 212 g/mol. The molecular weight excluding hydrogens is 204 g/mol. The molecule has 1 aromatic carbocycles. The summed E-state index contributed by atoms with van der Waals surface area (Å²) in [5, 5.41) is 12.4.